The molecule has 0 spiro atoms. The van der Waals surface area contributed by atoms with Crippen molar-refractivity contribution in [2.75, 3.05) is 12.8 Å². The van der Waals surface area contributed by atoms with E-state index in [1.165, 1.54) is 29.8 Å². The van der Waals surface area contributed by atoms with E-state index in [1.807, 2.05) is 0 Å². The van der Waals surface area contributed by atoms with Gasteiger partial charge in [-0.1, -0.05) is 0 Å². The number of aryl methyl sites for hydroxylation is 1. The molecule has 0 atom stereocenters. The molecule has 0 amide bonds. The normalized spacial score (nSPS) is 11.8. The van der Waals surface area contributed by atoms with Gasteiger partial charge in [-0.2, -0.15) is 0 Å². The van der Waals surface area contributed by atoms with Crippen molar-refractivity contribution in [1.82, 2.24) is 14.3 Å². The summed E-state index contributed by atoms with van der Waals surface area (Å²) in [7, 11) is -2.16. The van der Waals surface area contributed by atoms with Crippen LogP contribution >= 0.6 is 0 Å². The van der Waals surface area contributed by atoms with Crippen LogP contribution in [-0.4, -0.2) is 41.8 Å². The summed E-state index contributed by atoms with van der Waals surface area (Å²) in [6.45, 7) is -0.0644. The van der Waals surface area contributed by atoms with Crippen LogP contribution in [0.1, 0.15) is 10.4 Å². The molecule has 0 aliphatic heterocycles. The number of rotatable bonds is 5. The van der Waals surface area contributed by atoms with E-state index in [4.69, 9.17) is 5.11 Å². The Bertz CT molecular complexity index is 818. The monoisotopic (exact) mass is 299 g/mol. The molecular weight excluding hydrogens is 286 g/mol. The predicted octanol–water partition coefficient (Wildman–Crippen LogP) is -0.423. The zero-order valence-electron chi connectivity index (χ0n) is 10.6. The maximum atomic E-state index is 11.8. The number of sulfonamides is 1. The van der Waals surface area contributed by atoms with E-state index in [2.05, 4.69) is 9.71 Å². The Morgan fingerprint density at radius 2 is 2.15 bits per heavy atom. The van der Waals surface area contributed by atoms with Crippen LogP contribution in [0.15, 0.2) is 23.0 Å². The van der Waals surface area contributed by atoms with Crippen LogP contribution in [-0.2, 0) is 16.6 Å². The number of aromatic nitrogens is 2. The zero-order valence-corrected chi connectivity index (χ0v) is 11.4. The highest BCUT2D eigenvalue weighted by molar-refractivity contribution is 7.89. The first-order valence-electron chi connectivity index (χ1n) is 5.71. The van der Waals surface area contributed by atoms with Gasteiger partial charge in [0.15, 0.2) is 0 Å². The van der Waals surface area contributed by atoms with Gasteiger partial charge in [-0.3, -0.25) is 4.57 Å². The number of fused-ring (bicyclic) bond motifs is 1. The maximum absolute atomic E-state index is 11.8. The lowest BCUT2D eigenvalue weighted by Crippen LogP contribution is -2.27. The minimum atomic E-state index is -3.45. The van der Waals surface area contributed by atoms with Crippen molar-refractivity contribution in [2.24, 2.45) is 0 Å². The summed E-state index contributed by atoms with van der Waals surface area (Å²) in [5.41, 5.74) is 0.374. The molecule has 2 aromatic rings. The van der Waals surface area contributed by atoms with Gasteiger partial charge in [-0.25, -0.2) is 22.7 Å². The molecule has 0 fully saturated rings. The quantitative estimate of drug-likeness (QED) is 0.692. The second-order valence-electron chi connectivity index (χ2n) is 4.14. The van der Waals surface area contributed by atoms with Crippen molar-refractivity contribution in [3.63, 3.8) is 0 Å². The van der Waals surface area contributed by atoms with Crippen LogP contribution in [0.3, 0.4) is 0 Å². The average molecular weight is 299 g/mol. The molecule has 0 bridgehead atoms. The topological polar surface area (TPSA) is 121 Å². The van der Waals surface area contributed by atoms with E-state index in [0.29, 0.717) is 11.0 Å². The van der Waals surface area contributed by atoms with Crippen LogP contribution in [0.5, 0.6) is 0 Å². The van der Waals surface area contributed by atoms with Crippen LogP contribution in [0.25, 0.3) is 11.0 Å². The minimum absolute atomic E-state index is 0.0294. The Hall–Kier alpha value is -2.13. The first-order chi connectivity index (χ1) is 9.34. The molecule has 1 aromatic heterocycles. The standard InChI is InChI=1S/C11H13N3O5S/c1-12-20(18,19)5-4-14-9-6-7(10(15)16)2-3-8(9)13-11(14)17/h2-3,6,12H,4-5H2,1H3,(H,13,17)(H,15,16). The molecule has 9 heteroatoms. The molecule has 1 aromatic carbocycles. The Balaban J connectivity index is 2.47. The molecule has 0 saturated heterocycles. The summed E-state index contributed by atoms with van der Waals surface area (Å²) in [6.07, 6.45) is 0. The van der Waals surface area contributed by atoms with Crippen molar-refractivity contribution >= 4 is 27.0 Å². The second-order valence-corrected chi connectivity index (χ2v) is 6.19. The van der Waals surface area contributed by atoms with E-state index < -0.39 is 21.7 Å². The molecule has 0 aliphatic carbocycles. The number of aromatic amines is 1. The highest BCUT2D eigenvalue weighted by atomic mass is 32.2. The van der Waals surface area contributed by atoms with E-state index in [0.717, 1.165) is 0 Å². The fraction of sp³-hybridized carbons (Fsp3) is 0.273. The molecular formula is C11H13N3O5S. The van der Waals surface area contributed by atoms with E-state index in [-0.39, 0.29) is 17.9 Å². The summed E-state index contributed by atoms with van der Waals surface area (Å²) in [5, 5.41) is 8.94. The maximum Gasteiger partial charge on any atom is 0.335 e. The smallest absolute Gasteiger partial charge is 0.335 e. The first kappa shape index (κ1) is 14.3. The third kappa shape index (κ3) is 2.73. The van der Waals surface area contributed by atoms with Crippen molar-refractivity contribution in [2.45, 2.75) is 6.54 Å². The third-order valence-electron chi connectivity index (χ3n) is 2.92. The summed E-state index contributed by atoms with van der Waals surface area (Å²) < 4.78 is 26.1. The molecule has 20 heavy (non-hydrogen) atoms. The van der Waals surface area contributed by atoms with Gasteiger partial charge >= 0.3 is 11.7 Å². The number of benzene rings is 1. The van der Waals surface area contributed by atoms with Crippen molar-refractivity contribution in [3.05, 3.63) is 34.2 Å². The van der Waals surface area contributed by atoms with Crippen LogP contribution in [0.2, 0.25) is 0 Å². The largest absolute Gasteiger partial charge is 0.478 e. The van der Waals surface area contributed by atoms with Gasteiger partial charge in [-0.15, -0.1) is 0 Å². The molecule has 2 rings (SSSR count). The van der Waals surface area contributed by atoms with Crippen LogP contribution in [0, 0.1) is 0 Å². The summed E-state index contributed by atoms with van der Waals surface area (Å²) in [4.78, 5) is 25.2. The van der Waals surface area contributed by atoms with E-state index >= 15 is 0 Å². The lowest BCUT2D eigenvalue weighted by Gasteiger charge is -2.04. The summed E-state index contributed by atoms with van der Waals surface area (Å²) in [6, 6.07) is 4.18. The van der Waals surface area contributed by atoms with Gasteiger partial charge in [-0.05, 0) is 25.2 Å². The number of nitrogens with zero attached hydrogens (tertiary/aromatic N) is 1. The number of hydrogen-bond acceptors (Lipinski definition) is 4. The van der Waals surface area contributed by atoms with Gasteiger partial charge in [0.25, 0.3) is 0 Å². The Morgan fingerprint density at radius 3 is 2.75 bits per heavy atom. The zero-order chi connectivity index (χ0) is 14.9. The molecule has 3 N–H and O–H groups in total. The molecule has 0 radical (unpaired) electrons. The van der Waals surface area contributed by atoms with E-state index in [9.17, 15) is 18.0 Å². The highest BCUT2D eigenvalue weighted by Crippen LogP contribution is 2.13. The third-order valence-corrected chi connectivity index (χ3v) is 4.26. The molecule has 0 aliphatic rings. The Kier molecular flexibility index (Phi) is 3.64. The molecule has 8 nitrogen and oxygen atoms in total. The molecule has 108 valence electrons. The minimum Gasteiger partial charge on any atom is -0.478 e. The Labute approximate surface area is 114 Å². The number of imidazole rings is 1. The number of nitrogens with one attached hydrogen (secondary N) is 2. The first-order valence-corrected chi connectivity index (χ1v) is 7.36. The van der Waals surface area contributed by atoms with Gasteiger partial charge in [0.2, 0.25) is 10.0 Å². The van der Waals surface area contributed by atoms with Crippen LogP contribution in [0.4, 0.5) is 0 Å². The number of carboxylic acids is 1. The molecule has 1 heterocycles. The Morgan fingerprint density at radius 1 is 1.45 bits per heavy atom. The fourth-order valence-electron chi connectivity index (χ4n) is 1.82. The SMILES string of the molecule is CNS(=O)(=O)CCn1c(=O)[nH]c2ccc(C(=O)O)cc21. The predicted molar refractivity (Wildman–Crippen MR) is 72.4 cm³/mol. The van der Waals surface area contributed by atoms with Crippen molar-refractivity contribution < 1.29 is 18.3 Å². The lowest BCUT2D eigenvalue weighted by molar-refractivity contribution is 0.0697. The van der Waals surface area contributed by atoms with Crippen LogP contribution < -0.4 is 10.4 Å². The highest BCUT2D eigenvalue weighted by Gasteiger charge is 2.13. The van der Waals surface area contributed by atoms with Gasteiger partial charge in [0.1, 0.15) is 0 Å². The van der Waals surface area contributed by atoms with Gasteiger partial charge in [0, 0.05) is 6.54 Å². The number of carboxylic acid groups (broad SMARTS) is 1. The second kappa shape index (κ2) is 5.10. The number of H-pyrrole nitrogens is 1. The number of aromatic carboxylic acids is 1. The van der Waals surface area contributed by atoms with Crippen molar-refractivity contribution in [3.8, 4) is 0 Å². The van der Waals surface area contributed by atoms with Crippen molar-refractivity contribution in [1.29, 1.82) is 0 Å². The lowest BCUT2D eigenvalue weighted by atomic mass is 10.2. The summed E-state index contributed by atoms with van der Waals surface area (Å²) >= 11 is 0. The van der Waals surface area contributed by atoms with Gasteiger partial charge in [0.05, 0.1) is 22.3 Å². The number of hydrogen-bond donors (Lipinski definition) is 3. The van der Waals surface area contributed by atoms with Gasteiger partial charge < -0.3 is 10.1 Å². The fourth-order valence-corrected chi connectivity index (χ4v) is 2.45. The van der Waals surface area contributed by atoms with E-state index in [1.54, 1.807) is 0 Å². The molecule has 0 saturated carbocycles. The average Bonchev–Trinajstić information content (AvgIpc) is 2.71. The number of carbonyl (C=O) groups is 1. The molecule has 0 unspecified atom stereocenters. The summed E-state index contributed by atoms with van der Waals surface area (Å²) in [5.74, 6) is -1.39.